The Morgan fingerprint density at radius 1 is 0.370 bits per heavy atom. The largest absolute Gasteiger partial charge is 0.309 e. The summed E-state index contributed by atoms with van der Waals surface area (Å²) in [6, 6.07) is 68.3. The van der Waals surface area contributed by atoms with Crippen LogP contribution < -0.4 is 0 Å². The van der Waals surface area contributed by atoms with Gasteiger partial charge in [-0.2, -0.15) is 0 Å². The summed E-state index contributed by atoms with van der Waals surface area (Å²) >= 11 is 0. The molecule has 0 bridgehead atoms. The molecule has 0 N–H and O–H groups in total. The Kier molecular flexibility index (Phi) is 8.91. The number of rotatable bonds is 6. The third-order valence-corrected chi connectivity index (χ3v) is 17.5. The molecule has 2 aliphatic rings. The number of benzene rings is 9. The van der Waals surface area contributed by atoms with Crippen molar-refractivity contribution in [2.45, 2.75) is 58.3 Å². The van der Waals surface area contributed by atoms with E-state index in [0.717, 1.165) is 16.9 Å². The van der Waals surface area contributed by atoms with Gasteiger partial charge < -0.3 is 18.3 Å². The second kappa shape index (κ2) is 15.5. The maximum absolute atomic E-state index is 4.29. The van der Waals surface area contributed by atoms with Gasteiger partial charge in [0.2, 0.25) is 0 Å². The van der Waals surface area contributed by atoms with Gasteiger partial charge in [0.25, 0.3) is 0 Å². The SMILES string of the molecule is C=Cc1c(/C=C\C)n(-c2ccc3c(c2)c2cc4c5c(c2n3-c2ccccc2)C(C)C(C)c2cc3c6cc(-n7c8ccccc8c8ccccc87)ccc6n(-c6ccccc6)c3c(c2-5)C(C)C4C)c2ccccc12. The van der Waals surface area contributed by atoms with Gasteiger partial charge in [-0.05, 0) is 161 Å². The van der Waals surface area contributed by atoms with Crippen LogP contribution in [0.25, 0.3) is 122 Å². The molecule has 0 aliphatic heterocycles. The third-order valence-electron chi connectivity index (χ3n) is 17.5. The van der Waals surface area contributed by atoms with Crippen LogP contribution in [0.5, 0.6) is 0 Å². The first-order chi connectivity index (χ1) is 35.9. The molecule has 4 nitrogen and oxygen atoms in total. The Labute approximate surface area is 425 Å². The van der Waals surface area contributed by atoms with Crippen molar-refractivity contribution in [2.24, 2.45) is 0 Å². The average molecular weight is 939 g/mol. The molecule has 4 atom stereocenters. The third kappa shape index (κ3) is 5.56. The van der Waals surface area contributed by atoms with Gasteiger partial charge in [-0.15, -0.1) is 0 Å². The number of para-hydroxylation sites is 5. The molecule has 0 amide bonds. The smallest absolute Gasteiger partial charge is 0.0582 e. The summed E-state index contributed by atoms with van der Waals surface area (Å²) in [7, 11) is 0. The molecule has 4 unspecified atom stereocenters. The summed E-state index contributed by atoms with van der Waals surface area (Å²) in [5, 5.41) is 8.98. The van der Waals surface area contributed by atoms with Crippen LogP contribution >= 0.6 is 0 Å². The number of allylic oxidation sites excluding steroid dienone is 1. The first-order valence-corrected chi connectivity index (χ1v) is 26.1. The maximum atomic E-state index is 4.29. The van der Waals surface area contributed by atoms with Gasteiger partial charge in [-0.1, -0.05) is 137 Å². The molecule has 350 valence electrons. The van der Waals surface area contributed by atoms with E-state index in [1.165, 1.54) is 127 Å². The fourth-order valence-corrected chi connectivity index (χ4v) is 13.9. The monoisotopic (exact) mass is 938 g/mol. The van der Waals surface area contributed by atoms with Crippen molar-refractivity contribution in [3.8, 4) is 33.9 Å². The van der Waals surface area contributed by atoms with Crippen molar-refractivity contribution in [2.75, 3.05) is 0 Å². The second-order valence-electron chi connectivity index (χ2n) is 20.9. The van der Waals surface area contributed by atoms with Crippen LogP contribution in [0.1, 0.15) is 91.8 Å². The lowest BCUT2D eigenvalue weighted by Crippen LogP contribution is -2.24. The van der Waals surface area contributed by atoms with E-state index >= 15 is 0 Å². The molecule has 9 aromatic carbocycles. The highest BCUT2D eigenvalue weighted by Gasteiger charge is 2.42. The molecule has 0 saturated carbocycles. The molecule has 4 heteroatoms. The van der Waals surface area contributed by atoms with Gasteiger partial charge >= 0.3 is 0 Å². The van der Waals surface area contributed by atoms with E-state index in [2.05, 4.69) is 254 Å². The van der Waals surface area contributed by atoms with Gasteiger partial charge in [-0.25, -0.2) is 0 Å². The normalized spacial score (nSPS) is 17.4. The zero-order valence-electron chi connectivity index (χ0n) is 41.9. The predicted octanol–water partition coefficient (Wildman–Crippen LogP) is 18.7. The summed E-state index contributed by atoms with van der Waals surface area (Å²) in [5.74, 6) is 0.986. The van der Waals surface area contributed by atoms with Crippen LogP contribution in [0.3, 0.4) is 0 Å². The van der Waals surface area contributed by atoms with E-state index in [0.29, 0.717) is 0 Å². The Balaban J connectivity index is 1.06. The number of nitrogens with zero attached hydrogens (tertiary/aromatic N) is 4. The summed E-state index contributed by atoms with van der Waals surface area (Å²) in [6.45, 7) is 16.4. The lowest BCUT2D eigenvalue weighted by molar-refractivity contribution is 0.584. The van der Waals surface area contributed by atoms with E-state index in [4.69, 9.17) is 0 Å². The molecule has 13 aromatic rings. The minimum atomic E-state index is 0.238. The van der Waals surface area contributed by atoms with Crippen molar-refractivity contribution >= 4 is 88.5 Å². The molecule has 0 fully saturated rings. The van der Waals surface area contributed by atoms with Gasteiger partial charge in [0.15, 0.2) is 0 Å². The standard InChI is InChI=1S/C69H54N4/c1-7-21-58-48(8-2)49-26-15-18-29-59(49)70(58)46-32-34-62-54(36-46)56-38-52-40(3)43(6)65-67-53(41(4)42(5)64(66(52)67)68(56)72(62)44-22-11-9-12-23-44)39-57-55-37-47(33-35-63(55)73(69(57)65)45-24-13-10-14-25-45)71-60-30-19-16-27-50(60)51-28-17-20-31-61(51)71/h7-43H,2H2,1,3-6H3/b21-7-. The maximum Gasteiger partial charge on any atom is 0.0582 e. The second-order valence-corrected chi connectivity index (χ2v) is 20.9. The van der Waals surface area contributed by atoms with Crippen molar-refractivity contribution in [3.05, 3.63) is 228 Å². The lowest BCUT2D eigenvalue weighted by Gasteiger charge is -2.42. The highest BCUT2D eigenvalue weighted by Crippen LogP contribution is 2.61. The van der Waals surface area contributed by atoms with Crippen molar-refractivity contribution in [1.82, 2.24) is 18.3 Å². The van der Waals surface area contributed by atoms with Crippen LogP contribution in [0, 0.1) is 0 Å². The van der Waals surface area contributed by atoms with Crippen LogP contribution in [0.4, 0.5) is 0 Å². The van der Waals surface area contributed by atoms with E-state index in [9.17, 15) is 0 Å². The van der Waals surface area contributed by atoms with Gasteiger partial charge in [0, 0.05) is 66.0 Å². The summed E-state index contributed by atoms with van der Waals surface area (Å²) in [6.07, 6.45) is 6.39. The Bertz CT molecular complexity index is 4480. The molecule has 4 aromatic heterocycles. The summed E-state index contributed by atoms with van der Waals surface area (Å²) in [4.78, 5) is 0. The minimum absolute atomic E-state index is 0.238. The fourth-order valence-electron chi connectivity index (χ4n) is 13.9. The zero-order chi connectivity index (χ0) is 49.0. The number of hydrogen-bond donors (Lipinski definition) is 0. The van der Waals surface area contributed by atoms with Crippen molar-refractivity contribution in [3.63, 3.8) is 0 Å². The molecule has 15 rings (SSSR count). The van der Waals surface area contributed by atoms with Crippen molar-refractivity contribution in [1.29, 1.82) is 0 Å². The number of fused-ring (bicyclic) bond motifs is 12. The zero-order valence-corrected chi connectivity index (χ0v) is 41.9. The number of hydrogen-bond acceptors (Lipinski definition) is 0. The topological polar surface area (TPSA) is 19.7 Å². The Morgan fingerprint density at radius 2 is 0.781 bits per heavy atom. The quantitative estimate of drug-likeness (QED) is 0.158. The van der Waals surface area contributed by atoms with Crippen LogP contribution in [0.2, 0.25) is 0 Å². The Hall–Kier alpha value is -8.60. The molecule has 0 spiro atoms. The average Bonchev–Trinajstić information content (AvgIpc) is 4.22. The highest BCUT2D eigenvalue weighted by molar-refractivity contribution is 6.18. The molecule has 2 aliphatic carbocycles. The molecular formula is C69H54N4. The van der Waals surface area contributed by atoms with E-state index in [-0.39, 0.29) is 23.7 Å². The van der Waals surface area contributed by atoms with Gasteiger partial charge in [0.1, 0.15) is 0 Å². The Morgan fingerprint density at radius 3 is 1.25 bits per heavy atom. The van der Waals surface area contributed by atoms with E-state index in [1.807, 2.05) is 6.08 Å². The minimum Gasteiger partial charge on any atom is -0.309 e. The molecule has 0 radical (unpaired) electrons. The van der Waals surface area contributed by atoms with Crippen LogP contribution in [-0.4, -0.2) is 18.3 Å². The van der Waals surface area contributed by atoms with Crippen LogP contribution in [-0.2, 0) is 0 Å². The first-order valence-electron chi connectivity index (χ1n) is 26.1. The number of aromatic nitrogens is 4. The molecule has 0 saturated heterocycles. The van der Waals surface area contributed by atoms with Gasteiger partial charge in [0.05, 0.1) is 44.3 Å². The highest BCUT2D eigenvalue weighted by atomic mass is 15.0. The molecular weight excluding hydrogens is 885 g/mol. The van der Waals surface area contributed by atoms with Crippen LogP contribution in [0.15, 0.2) is 195 Å². The van der Waals surface area contributed by atoms with E-state index < -0.39 is 0 Å². The molecule has 4 heterocycles. The first kappa shape index (κ1) is 42.1. The van der Waals surface area contributed by atoms with Gasteiger partial charge in [-0.3, -0.25) is 0 Å². The van der Waals surface area contributed by atoms with E-state index in [1.54, 1.807) is 0 Å². The lowest BCUT2D eigenvalue weighted by atomic mass is 9.62. The summed E-state index contributed by atoms with van der Waals surface area (Å²) in [5.41, 5.74) is 24.5. The fraction of sp³-hybridized carbons (Fsp3) is 0.130. The predicted molar refractivity (Wildman–Crippen MR) is 310 cm³/mol. The summed E-state index contributed by atoms with van der Waals surface area (Å²) < 4.78 is 10.1. The van der Waals surface area contributed by atoms with Crippen molar-refractivity contribution < 1.29 is 0 Å². The molecule has 73 heavy (non-hydrogen) atoms.